The number of nitrogens with one attached hydrogen (secondary N) is 2. The Morgan fingerprint density at radius 1 is 1.04 bits per heavy atom. The molecule has 0 saturated carbocycles. The smallest absolute Gasteiger partial charge is 0.371 e. The van der Waals surface area contributed by atoms with Crippen molar-refractivity contribution in [1.29, 1.82) is 0 Å². The summed E-state index contributed by atoms with van der Waals surface area (Å²) in [6.07, 6.45) is 0. The van der Waals surface area contributed by atoms with E-state index in [1.807, 2.05) is 19.1 Å². The maximum atomic E-state index is 12.2. The first-order valence-corrected chi connectivity index (χ1v) is 8.46. The van der Waals surface area contributed by atoms with Crippen molar-refractivity contribution in [2.45, 2.75) is 6.92 Å². The van der Waals surface area contributed by atoms with Crippen molar-refractivity contribution >= 4 is 34.9 Å². The molecular weight excluding hydrogens is 364 g/mol. The largest absolute Gasteiger partial charge is 0.475 e. The maximum absolute atomic E-state index is 12.2. The number of carboxylic acid groups (broad SMARTS) is 1. The van der Waals surface area contributed by atoms with E-state index in [-0.39, 0.29) is 16.8 Å². The van der Waals surface area contributed by atoms with Crippen molar-refractivity contribution in [2.75, 3.05) is 5.32 Å². The minimum atomic E-state index is -1.12. The molecule has 0 atom stereocenters. The van der Waals surface area contributed by atoms with E-state index < -0.39 is 5.97 Å². The second kappa shape index (κ2) is 7.84. The van der Waals surface area contributed by atoms with Crippen molar-refractivity contribution in [2.24, 2.45) is 0 Å². The van der Waals surface area contributed by atoms with E-state index in [0.717, 1.165) is 11.1 Å². The highest BCUT2D eigenvalue weighted by atomic mass is 32.1. The fourth-order valence-electron chi connectivity index (χ4n) is 2.45. The van der Waals surface area contributed by atoms with E-state index in [2.05, 4.69) is 10.6 Å². The van der Waals surface area contributed by atoms with Gasteiger partial charge in [-0.2, -0.15) is 0 Å². The summed E-state index contributed by atoms with van der Waals surface area (Å²) in [7, 11) is 0. The molecular formula is C20H16N2O4S. The second-order valence-electron chi connectivity index (χ2n) is 5.82. The lowest BCUT2D eigenvalue weighted by molar-refractivity contribution is 0.0663. The minimum Gasteiger partial charge on any atom is -0.475 e. The van der Waals surface area contributed by atoms with E-state index in [0.29, 0.717) is 17.0 Å². The van der Waals surface area contributed by atoms with Gasteiger partial charge < -0.3 is 14.8 Å². The third-order valence-corrected chi connectivity index (χ3v) is 3.96. The molecule has 27 heavy (non-hydrogen) atoms. The Morgan fingerprint density at radius 3 is 2.41 bits per heavy atom. The van der Waals surface area contributed by atoms with Gasteiger partial charge >= 0.3 is 5.97 Å². The summed E-state index contributed by atoms with van der Waals surface area (Å²) in [5.74, 6) is -1.07. The molecule has 136 valence electrons. The van der Waals surface area contributed by atoms with E-state index in [1.165, 1.54) is 6.07 Å². The highest BCUT2D eigenvalue weighted by molar-refractivity contribution is 7.80. The van der Waals surface area contributed by atoms with E-state index in [9.17, 15) is 9.59 Å². The second-order valence-corrected chi connectivity index (χ2v) is 6.23. The summed E-state index contributed by atoms with van der Waals surface area (Å²) in [4.78, 5) is 23.1. The van der Waals surface area contributed by atoms with Crippen molar-refractivity contribution in [1.82, 2.24) is 5.32 Å². The number of hydrogen-bond donors (Lipinski definition) is 3. The topological polar surface area (TPSA) is 91.6 Å². The van der Waals surface area contributed by atoms with E-state index in [1.54, 1.807) is 42.5 Å². The molecule has 2 aromatic carbocycles. The average molecular weight is 380 g/mol. The average Bonchev–Trinajstić information content (AvgIpc) is 3.12. The van der Waals surface area contributed by atoms with E-state index in [4.69, 9.17) is 21.7 Å². The lowest BCUT2D eigenvalue weighted by Crippen LogP contribution is -2.34. The van der Waals surface area contributed by atoms with Crippen molar-refractivity contribution in [3.63, 3.8) is 0 Å². The van der Waals surface area contributed by atoms with Crippen LogP contribution in [0.1, 0.15) is 26.5 Å². The van der Waals surface area contributed by atoms with Crippen LogP contribution in [0.2, 0.25) is 0 Å². The van der Waals surface area contributed by atoms with Crippen LogP contribution >= 0.6 is 12.2 Å². The molecule has 1 heterocycles. The van der Waals surface area contributed by atoms with Gasteiger partial charge in [-0.15, -0.1) is 0 Å². The zero-order valence-corrected chi connectivity index (χ0v) is 15.2. The van der Waals surface area contributed by atoms with Gasteiger partial charge in [0.15, 0.2) is 5.11 Å². The Kier molecular flexibility index (Phi) is 5.33. The van der Waals surface area contributed by atoms with Gasteiger partial charge in [0, 0.05) is 16.8 Å². The summed E-state index contributed by atoms with van der Waals surface area (Å²) in [5, 5.41) is 14.7. The number of anilines is 1. The quantitative estimate of drug-likeness (QED) is 0.591. The molecule has 0 aliphatic rings. The first-order chi connectivity index (χ1) is 12.9. The predicted molar refractivity (Wildman–Crippen MR) is 106 cm³/mol. The number of hydrogen-bond acceptors (Lipinski definition) is 4. The molecule has 0 spiro atoms. The summed E-state index contributed by atoms with van der Waals surface area (Å²) in [6.45, 7) is 1.91. The Bertz CT molecular complexity index is 1010. The fraction of sp³-hybridized carbons (Fsp3) is 0.0500. The molecule has 6 nitrogen and oxygen atoms in total. The SMILES string of the molecule is Cc1cccc(C(=O)NC(=S)Nc2ccc(-c3ccc(C(=O)O)o3)cc2)c1. The zero-order valence-electron chi connectivity index (χ0n) is 14.4. The highest BCUT2D eigenvalue weighted by Gasteiger charge is 2.11. The Morgan fingerprint density at radius 2 is 1.78 bits per heavy atom. The standard InChI is InChI=1S/C20H16N2O4S/c1-12-3-2-4-14(11-12)18(23)22-20(27)21-15-7-5-13(6-8-15)16-9-10-17(26-16)19(24)25/h2-11H,1H3,(H,24,25)(H2,21,22,23,27). The number of carbonyl (C=O) groups is 2. The number of furan rings is 1. The number of amides is 1. The molecule has 0 bridgehead atoms. The lowest BCUT2D eigenvalue weighted by Gasteiger charge is -2.10. The Balaban J connectivity index is 1.62. The Hall–Kier alpha value is -3.45. The molecule has 3 N–H and O–H groups in total. The van der Waals surface area contributed by atoms with Gasteiger partial charge in [-0.3, -0.25) is 10.1 Å². The number of carbonyl (C=O) groups excluding carboxylic acids is 1. The summed E-state index contributed by atoms with van der Waals surface area (Å²) in [5.41, 5.74) is 2.92. The number of aryl methyl sites for hydroxylation is 1. The molecule has 3 aromatic rings. The van der Waals surface area contributed by atoms with E-state index >= 15 is 0 Å². The molecule has 0 aliphatic carbocycles. The highest BCUT2D eigenvalue weighted by Crippen LogP contribution is 2.23. The van der Waals surface area contributed by atoms with Crippen LogP contribution < -0.4 is 10.6 Å². The Labute approximate surface area is 160 Å². The third kappa shape index (κ3) is 4.59. The van der Waals surface area contributed by atoms with Crippen molar-refractivity contribution in [3.8, 4) is 11.3 Å². The molecule has 1 aromatic heterocycles. The number of carboxylic acids is 1. The molecule has 0 aliphatic heterocycles. The summed E-state index contributed by atoms with van der Waals surface area (Å²) >= 11 is 5.18. The van der Waals surface area contributed by atoms with Gasteiger partial charge in [0.2, 0.25) is 5.76 Å². The number of benzene rings is 2. The first kappa shape index (κ1) is 18.3. The van der Waals surface area contributed by atoms with Gasteiger partial charge in [0.25, 0.3) is 5.91 Å². The lowest BCUT2D eigenvalue weighted by atomic mass is 10.1. The molecule has 7 heteroatoms. The van der Waals surface area contributed by atoms with Crippen LogP contribution in [0.25, 0.3) is 11.3 Å². The van der Waals surface area contributed by atoms with Gasteiger partial charge in [-0.05, 0) is 67.7 Å². The van der Waals surface area contributed by atoms with Gasteiger partial charge in [-0.25, -0.2) is 4.79 Å². The third-order valence-electron chi connectivity index (χ3n) is 3.75. The molecule has 0 unspecified atom stereocenters. The molecule has 0 fully saturated rings. The number of thiocarbonyl (C=S) groups is 1. The van der Waals surface area contributed by atoms with Crippen LogP contribution in [0.5, 0.6) is 0 Å². The number of rotatable bonds is 4. The molecule has 0 saturated heterocycles. The summed E-state index contributed by atoms with van der Waals surface area (Å²) < 4.78 is 5.26. The molecule has 1 amide bonds. The normalized spacial score (nSPS) is 10.3. The van der Waals surface area contributed by atoms with Gasteiger partial charge in [-0.1, -0.05) is 17.7 Å². The monoisotopic (exact) mass is 380 g/mol. The molecule has 0 radical (unpaired) electrons. The van der Waals surface area contributed by atoms with Crippen LogP contribution in [0.15, 0.2) is 65.1 Å². The van der Waals surface area contributed by atoms with Crippen LogP contribution in [-0.2, 0) is 0 Å². The van der Waals surface area contributed by atoms with Crippen LogP contribution in [0, 0.1) is 6.92 Å². The van der Waals surface area contributed by atoms with Crippen LogP contribution in [0.3, 0.4) is 0 Å². The zero-order chi connectivity index (χ0) is 19.4. The fourth-order valence-corrected chi connectivity index (χ4v) is 2.66. The predicted octanol–water partition coefficient (Wildman–Crippen LogP) is 4.08. The van der Waals surface area contributed by atoms with Gasteiger partial charge in [0.05, 0.1) is 0 Å². The number of aromatic carboxylic acids is 1. The minimum absolute atomic E-state index is 0.118. The van der Waals surface area contributed by atoms with Crippen molar-refractivity contribution < 1.29 is 19.1 Å². The van der Waals surface area contributed by atoms with Gasteiger partial charge in [0.1, 0.15) is 5.76 Å². The molecule has 3 rings (SSSR count). The summed E-state index contributed by atoms with van der Waals surface area (Å²) in [6, 6.07) is 17.2. The van der Waals surface area contributed by atoms with Crippen LogP contribution in [0.4, 0.5) is 5.69 Å². The maximum Gasteiger partial charge on any atom is 0.371 e. The van der Waals surface area contributed by atoms with Crippen LogP contribution in [-0.4, -0.2) is 22.1 Å². The van der Waals surface area contributed by atoms with Crippen molar-refractivity contribution in [3.05, 3.63) is 77.6 Å². The first-order valence-electron chi connectivity index (χ1n) is 8.05.